The van der Waals surface area contributed by atoms with Crippen molar-refractivity contribution < 1.29 is 17.6 Å². The van der Waals surface area contributed by atoms with Gasteiger partial charge in [-0.1, -0.05) is 12.1 Å². The molecule has 1 N–H and O–H groups in total. The van der Waals surface area contributed by atoms with E-state index in [-0.39, 0.29) is 23.4 Å². The van der Waals surface area contributed by atoms with Crippen LogP contribution in [0.1, 0.15) is 23.1 Å². The lowest BCUT2D eigenvalue weighted by molar-refractivity contribution is -0.131. The first-order valence-corrected chi connectivity index (χ1v) is 11.9. The summed E-state index contributed by atoms with van der Waals surface area (Å²) in [6.45, 7) is -0.0378. The number of carbonyl (C=O) groups is 1. The van der Waals surface area contributed by atoms with Crippen LogP contribution < -0.4 is 5.32 Å². The molecule has 2 aromatic heterocycles. The van der Waals surface area contributed by atoms with Crippen LogP contribution in [0.5, 0.6) is 0 Å². The Morgan fingerprint density at radius 3 is 2.77 bits per heavy atom. The first-order chi connectivity index (χ1) is 14.9. The molecule has 3 heterocycles. The molecule has 0 saturated heterocycles. The number of nitrogens with zero attached hydrogens (tertiary/aromatic N) is 3. The normalized spacial score (nSPS) is 16.5. The van der Waals surface area contributed by atoms with Crippen LogP contribution in [0.3, 0.4) is 0 Å². The zero-order valence-corrected chi connectivity index (χ0v) is 18.7. The van der Waals surface area contributed by atoms with E-state index in [9.17, 15) is 13.2 Å². The number of rotatable bonds is 7. The number of hydrogen-bond donors (Lipinski definition) is 1. The standard InChI is InChI=1S/C21H22N4O4S2/c1-24(2)31(27,28)16-7-3-6-15(12-16)22-14-21(26)25-18(19-8-4-10-29-19)13-17(23-25)20-9-5-11-30-20/h3-12,18,22H,13-14H2,1-2H3/t18-/m0/s1. The number of anilines is 1. The Hall–Kier alpha value is -2.95. The number of furan rings is 1. The summed E-state index contributed by atoms with van der Waals surface area (Å²) < 4.78 is 31.4. The molecular weight excluding hydrogens is 436 g/mol. The second-order valence-electron chi connectivity index (χ2n) is 7.17. The van der Waals surface area contributed by atoms with E-state index >= 15 is 0 Å². The summed E-state index contributed by atoms with van der Waals surface area (Å²) in [6, 6.07) is 13.6. The summed E-state index contributed by atoms with van der Waals surface area (Å²) in [5.41, 5.74) is 1.37. The number of amides is 1. The summed E-state index contributed by atoms with van der Waals surface area (Å²) in [4.78, 5) is 14.2. The lowest BCUT2D eigenvalue weighted by Gasteiger charge is -2.20. The second-order valence-corrected chi connectivity index (χ2v) is 10.3. The van der Waals surface area contributed by atoms with E-state index in [0.717, 1.165) is 14.9 Å². The fraction of sp³-hybridized carbons (Fsp3) is 0.238. The summed E-state index contributed by atoms with van der Waals surface area (Å²) in [5.74, 6) is 0.427. The molecule has 0 spiro atoms. The Morgan fingerprint density at radius 1 is 1.26 bits per heavy atom. The van der Waals surface area contributed by atoms with Crippen LogP contribution >= 0.6 is 11.3 Å². The number of hydrogen-bond acceptors (Lipinski definition) is 7. The Bertz CT molecular complexity index is 1190. The van der Waals surface area contributed by atoms with Crippen molar-refractivity contribution in [3.8, 4) is 0 Å². The van der Waals surface area contributed by atoms with Crippen LogP contribution in [-0.4, -0.2) is 50.0 Å². The van der Waals surface area contributed by atoms with Crippen molar-refractivity contribution in [3.05, 3.63) is 70.8 Å². The van der Waals surface area contributed by atoms with Gasteiger partial charge in [-0.3, -0.25) is 4.79 Å². The monoisotopic (exact) mass is 458 g/mol. The van der Waals surface area contributed by atoms with Gasteiger partial charge in [-0.2, -0.15) is 5.10 Å². The molecule has 1 aromatic carbocycles. The lowest BCUT2D eigenvalue weighted by Crippen LogP contribution is -2.32. The largest absolute Gasteiger partial charge is 0.467 e. The van der Waals surface area contributed by atoms with Crippen molar-refractivity contribution in [2.75, 3.05) is 26.0 Å². The Kier molecular flexibility index (Phi) is 5.94. The molecule has 10 heteroatoms. The number of hydrazone groups is 1. The second kappa shape index (κ2) is 8.66. The van der Waals surface area contributed by atoms with Crippen LogP contribution in [0.4, 0.5) is 5.69 Å². The number of nitrogens with one attached hydrogen (secondary N) is 1. The Balaban J connectivity index is 1.52. The van der Waals surface area contributed by atoms with E-state index < -0.39 is 10.0 Å². The maximum Gasteiger partial charge on any atom is 0.262 e. The molecule has 1 amide bonds. The highest BCUT2D eigenvalue weighted by molar-refractivity contribution is 7.89. The minimum absolute atomic E-state index is 0.0378. The summed E-state index contributed by atoms with van der Waals surface area (Å²) in [5, 5.41) is 11.0. The Labute approximate surface area is 184 Å². The third-order valence-electron chi connectivity index (χ3n) is 4.90. The number of sulfonamides is 1. The summed E-state index contributed by atoms with van der Waals surface area (Å²) in [6.07, 6.45) is 2.15. The number of thiophene rings is 1. The minimum atomic E-state index is -3.56. The molecule has 0 saturated carbocycles. The summed E-state index contributed by atoms with van der Waals surface area (Å²) in [7, 11) is -0.607. The quantitative estimate of drug-likeness (QED) is 0.586. The number of benzene rings is 1. The molecule has 8 nitrogen and oxygen atoms in total. The van der Waals surface area contributed by atoms with Gasteiger partial charge in [0.1, 0.15) is 11.8 Å². The van der Waals surface area contributed by atoms with E-state index in [4.69, 9.17) is 4.42 Å². The maximum absolute atomic E-state index is 13.0. The van der Waals surface area contributed by atoms with Crippen LogP contribution in [-0.2, 0) is 14.8 Å². The first kappa shape index (κ1) is 21.3. The molecule has 0 bridgehead atoms. The highest BCUT2D eigenvalue weighted by atomic mass is 32.2. The van der Waals surface area contributed by atoms with Gasteiger partial charge in [0.15, 0.2) is 0 Å². The third-order valence-corrected chi connectivity index (χ3v) is 7.63. The predicted molar refractivity (Wildman–Crippen MR) is 120 cm³/mol. The van der Waals surface area contributed by atoms with Crippen molar-refractivity contribution >= 4 is 38.7 Å². The zero-order valence-electron chi connectivity index (χ0n) is 17.1. The molecule has 1 aliphatic rings. The van der Waals surface area contributed by atoms with Gasteiger partial charge >= 0.3 is 0 Å². The van der Waals surface area contributed by atoms with Crippen molar-refractivity contribution in [1.29, 1.82) is 0 Å². The van der Waals surface area contributed by atoms with Crippen LogP contribution in [0.2, 0.25) is 0 Å². The molecule has 4 rings (SSSR count). The summed E-state index contributed by atoms with van der Waals surface area (Å²) >= 11 is 1.57. The van der Waals surface area contributed by atoms with Gasteiger partial charge in [-0.05, 0) is 41.8 Å². The van der Waals surface area contributed by atoms with E-state index in [0.29, 0.717) is 17.9 Å². The van der Waals surface area contributed by atoms with E-state index in [2.05, 4.69) is 10.4 Å². The molecule has 0 radical (unpaired) electrons. The molecule has 0 aliphatic carbocycles. The van der Waals surface area contributed by atoms with Crippen molar-refractivity contribution in [3.63, 3.8) is 0 Å². The molecular formula is C21H22N4O4S2. The van der Waals surface area contributed by atoms with Gasteiger partial charge in [0.2, 0.25) is 10.0 Å². The molecule has 0 fully saturated rings. The minimum Gasteiger partial charge on any atom is -0.467 e. The highest BCUT2D eigenvalue weighted by Gasteiger charge is 2.35. The van der Waals surface area contributed by atoms with Gasteiger partial charge in [0.25, 0.3) is 5.91 Å². The average Bonchev–Trinajstić information content (AvgIpc) is 3.52. The van der Waals surface area contributed by atoms with Crippen LogP contribution in [0.25, 0.3) is 0 Å². The van der Waals surface area contributed by atoms with Gasteiger partial charge in [-0.25, -0.2) is 17.7 Å². The average molecular weight is 459 g/mol. The molecule has 162 valence electrons. The van der Waals surface area contributed by atoms with Crippen molar-refractivity contribution in [2.24, 2.45) is 5.10 Å². The molecule has 0 unspecified atom stereocenters. The smallest absolute Gasteiger partial charge is 0.262 e. The zero-order chi connectivity index (χ0) is 22.0. The van der Waals surface area contributed by atoms with Crippen LogP contribution in [0.15, 0.2) is 74.6 Å². The van der Waals surface area contributed by atoms with Crippen molar-refractivity contribution in [2.45, 2.75) is 17.4 Å². The molecule has 1 atom stereocenters. The predicted octanol–water partition coefficient (Wildman–Crippen LogP) is 3.38. The van der Waals surface area contributed by atoms with Gasteiger partial charge in [0, 0.05) is 26.2 Å². The van der Waals surface area contributed by atoms with E-state index in [1.165, 1.54) is 31.2 Å². The molecule has 31 heavy (non-hydrogen) atoms. The molecule has 1 aliphatic heterocycles. The topological polar surface area (TPSA) is 95.2 Å². The fourth-order valence-corrected chi connectivity index (χ4v) is 4.94. The number of carbonyl (C=O) groups excluding carboxylic acids is 1. The van der Waals surface area contributed by atoms with E-state index in [1.807, 2.05) is 23.6 Å². The Morgan fingerprint density at radius 2 is 2.10 bits per heavy atom. The molecule has 3 aromatic rings. The van der Waals surface area contributed by atoms with Gasteiger partial charge in [0.05, 0.1) is 28.3 Å². The third kappa shape index (κ3) is 4.41. The fourth-order valence-electron chi connectivity index (χ4n) is 3.27. The highest BCUT2D eigenvalue weighted by Crippen LogP contribution is 2.34. The van der Waals surface area contributed by atoms with E-state index in [1.54, 1.807) is 35.8 Å². The maximum atomic E-state index is 13.0. The SMILES string of the molecule is CN(C)S(=O)(=O)c1cccc(NCC(=O)N2N=C(c3cccs3)C[C@H]2c2ccco2)c1. The van der Waals surface area contributed by atoms with Crippen LogP contribution in [0, 0.1) is 0 Å². The first-order valence-electron chi connectivity index (χ1n) is 9.59. The lowest BCUT2D eigenvalue weighted by atomic mass is 10.1. The van der Waals surface area contributed by atoms with Gasteiger partial charge < -0.3 is 9.73 Å². The van der Waals surface area contributed by atoms with Crippen molar-refractivity contribution in [1.82, 2.24) is 9.31 Å². The van der Waals surface area contributed by atoms with Gasteiger partial charge in [-0.15, -0.1) is 11.3 Å².